The van der Waals surface area contributed by atoms with Crippen LogP contribution in [-0.2, 0) is 4.74 Å². The number of aromatic amines is 1. The summed E-state index contributed by atoms with van der Waals surface area (Å²) in [6.07, 6.45) is 2.27. The molecule has 1 unspecified atom stereocenters. The highest BCUT2D eigenvalue weighted by Gasteiger charge is 2.24. The average Bonchev–Trinajstić information content (AvgIpc) is 2.65. The van der Waals surface area contributed by atoms with E-state index < -0.39 is 23.5 Å². The number of nitrogens with zero attached hydrogens (tertiary/aromatic N) is 1. The Hall–Kier alpha value is -1.63. The minimum atomic E-state index is -0.696. The third kappa shape index (κ3) is 1.86. The highest BCUT2D eigenvalue weighted by atomic mass is 16.5. The average molecular weight is 220 g/mol. The van der Waals surface area contributed by atoms with Crippen LogP contribution in [0, 0.1) is 0 Å². The van der Waals surface area contributed by atoms with Gasteiger partial charge in [-0.15, -0.1) is 0 Å². The van der Waals surface area contributed by atoms with Crippen molar-refractivity contribution in [1.82, 2.24) is 9.55 Å². The van der Waals surface area contributed by atoms with E-state index >= 15 is 0 Å². The first-order valence-electron chi connectivity index (χ1n) is 4.83. The zero-order valence-electron chi connectivity index (χ0n) is 8.38. The summed E-state index contributed by atoms with van der Waals surface area (Å²) in [5, 5.41) is 0. The summed E-state index contributed by atoms with van der Waals surface area (Å²) in [7, 11) is 5.53. The van der Waals surface area contributed by atoms with E-state index in [1.165, 1.54) is 10.8 Å². The molecule has 2 rings (SSSR count). The van der Waals surface area contributed by atoms with Crippen LogP contribution in [0.3, 0.4) is 0 Å². The Kier molecular flexibility index (Phi) is 2.78. The molecule has 0 spiro atoms. The lowest BCUT2D eigenvalue weighted by Crippen LogP contribution is -2.34. The summed E-state index contributed by atoms with van der Waals surface area (Å²) in [5.74, 6) is 0. The normalized spacial score (nSPS) is 24.5. The molecule has 1 fully saturated rings. The van der Waals surface area contributed by atoms with Crippen molar-refractivity contribution in [3.63, 3.8) is 0 Å². The largest absolute Gasteiger partial charge is 0.364 e. The highest BCUT2D eigenvalue weighted by Crippen LogP contribution is 2.24. The molecular weight excluding hydrogens is 211 g/mol. The predicted molar refractivity (Wildman–Crippen MR) is 55.6 cm³/mol. The molecule has 1 aliphatic heterocycles. The molecule has 0 aromatic carbocycles. The molecule has 1 N–H and O–H groups in total. The summed E-state index contributed by atoms with van der Waals surface area (Å²) < 4.78 is 6.45. The molecule has 1 aromatic rings. The van der Waals surface area contributed by atoms with E-state index in [4.69, 9.17) is 12.6 Å². The number of hydrogen-bond acceptors (Lipinski definition) is 4. The van der Waals surface area contributed by atoms with Crippen LogP contribution in [0.4, 0.5) is 0 Å². The van der Waals surface area contributed by atoms with Gasteiger partial charge in [-0.3, -0.25) is 19.1 Å². The Morgan fingerprint density at radius 2 is 2.25 bits per heavy atom. The smallest absolute Gasteiger partial charge is 0.330 e. The van der Waals surface area contributed by atoms with E-state index in [9.17, 15) is 14.4 Å². The van der Waals surface area contributed by atoms with Gasteiger partial charge in [-0.25, -0.2) is 4.79 Å². The van der Waals surface area contributed by atoms with Gasteiger partial charge in [-0.1, -0.05) is 0 Å². The molecule has 1 aromatic heterocycles. The summed E-state index contributed by atoms with van der Waals surface area (Å²) in [5.41, 5.74) is -1.41. The van der Waals surface area contributed by atoms with Crippen LogP contribution in [0.25, 0.3) is 0 Å². The van der Waals surface area contributed by atoms with Crippen LogP contribution < -0.4 is 11.2 Å². The van der Waals surface area contributed by atoms with Gasteiger partial charge in [-0.2, -0.15) is 0 Å². The number of carbonyl (C=O) groups excluding carboxylic acids is 1. The molecule has 0 bridgehead atoms. The number of aromatic nitrogens is 2. The second-order valence-corrected chi connectivity index (χ2v) is 3.58. The van der Waals surface area contributed by atoms with Crippen molar-refractivity contribution in [3.05, 3.63) is 32.6 Å². The van der Waals surface area contributed by atoms with E-state index in [1.54, 1.807) is 0 Å². The highest BCUT2D eigenvalue weighted by molar-refractivity contribution is 6.11. The van der Waals surface area contributed by atoms with Gasteiger partial charge in [-0.05, 0) is 12.8 Å². The van der Waals surface area contributed by atoms with Gasteiger partial charge in [0.1, 0.15) is 14.1 Å². The maximum Gasteiger partial charge on any atom is 0.330 e. The molecule has 2 atom stereocenters. The van der Waals surface area contributed by atoms with Gasteiger partial charge in [0.2, 0.25) is 0 Å². The zero-order chi connectivity index (χ0) is 11.7. The van der Waals surface area contributed by atoms with Crippen LogP contribution in [0.5, 0.6) is 0 Å². The van der Waals surface area contributed by atoms with Gasteiger partial charge < -0.3 is 4.74 Å². The van der Waals surface area contributed by atoms with Crippen molar-refractivity contribution >= 4 is 14.1 Å². The maximum absolute atomic E-state index is 11.5. The third-order valence-electron chi connectivity index (χ3n) is 2.46. The van der Waals surface area contributed by atoms with Crippen molar-refractivity contribution in [1.29, 1.82) is 0 Å². The van der Waals surface area contributed by atoms with Crippen molar-refractivity contribution in [3.8, 4) is 0 Å². The zero-order valence-corrected chi connectivity index (χ0v) is 8.38. The second-order valence-electron chi connectivity index (χ2n) is 3.58. The van der Waals surface area contributed by atoms with E-state index in [1.807, 2.05) is 4.98 Å². The summed E-state index contributed by atoms with van der Waals surface area (Å²) in [6, 6.07) is -0.413. The summed E-state index contributed by atoms with van der Waals surface area (Å²) in [4.78, 5) is 35.2. The maximum atomic E-state index is 11.5. The standard InChI is InChI=1S/C9H9BN2O4/c10-6-1-2-7(16-6)12-3-5(4-13)8(14)11-9(12)15/h3-4,6-7H,1-2H2,(H,11,14,15)/t6-,7?/m0/s1. The number of aldehydes is 1. The van der Waals surface area contributed by atoms with Crippen LogP contribution >= 0.6 is 0 Å². The van der Waals surface area contributed by atoms with Crippen LogP contribution in [0.2, 0.25) is 0 Å². The molecule has 7 heteroatoms. The summed E-state index contributed by atoms with van der Waals surface area (Å²) in [6.45, 7) is 0. The molecule has 1 saturated heterocycles. The van der Waals surface area contributed by atoms with Gasteiger partial charge in [0.25, 0.3) is 5.56 Å². The number of carbonyl (C=O) groups is 1. The minimum Gasteiger partial charge on any atom is -0.364 e. The lowest BCUT2D eigenvalue weighted by Gasteiger charge is -2.14. The lowest BCUT2D eigenvalue weighted by molar-refractivity contribution is 0.0339. The fraction of sp³-hybridized carbons (Fsp3) is 0.444. The van der Waals surface area contributed by atoms with Crippen molar-refractivity contribution < 1.29 is 9.53 Å². The van der Waals surface area contributed by atoms with E-state index in [-0.39, 0.29) is 5.56 Å². The van der Waals surface area contributed by atoms with Gasteiger partial charge in [0, 0.05) is 12.2 Å². The molecule has 16 heavy (non-hydrogen) atoms. The predicted octanol–water partition coefficient (Wildman–Crippen LogP) is -0.847. The third-order valence-corrected chi connectivity index (χ3v) is 2.46. The van der Waals surface area contributed by atoms with Gasteiger partial charge in [0.15, 0.2) is 6.29 Å². The molecule has 2 radical (unpaired) electrons. The van der Waals surface area contributed by atoms with E-state index in [0.717, 1.165) is 0 Å². The van der Waals surface area contributed by atoms with E-state index in [2.05, 4.69) is 0 Å². The molecule has 0 saturated carbocycles. The Morgan fingerprint density at radius 1 is 1.50 bits per heavy atom. The second kappa shape index (κ2) is 4.09. The number of ether oxygens (including phenoxy) is 1. The fourth-order valence-electron chi connectivity index (χ4n) is 1.65. The first-order chi connectivity index (χ1) is 7.61. The Balaban J connectivity index is 2.45. The number of H-pyrrole nitrogens is 1. The Labute approximate surface area is 91.6 Å². The van der Waals surface area contributed by atoms with Crippen LogP contribution in [0.1, 0.15) is 29.4 Å². The molecule has 6 nitrogen and oxygen atoms in total. The first kappa shape index (κ1) is 10.9. The fourth-order valence-corrected chi connectivity index (χ4v) is 1.65. The van der Waals surface area contributed by atoms with Crippen molar-refractivity contribution in [2.75, 3.05) is 0 Å². The van der Waals surface area contributed by atoms with Gasteiger partial charge >= 0.3 is 5.69 Å². The molecule has 0 aliphatic carbocycles. The first-order valence-corrected chi connectivity index (χ1v) is 4.83. The number of rotatable bonds is 2. The Morgan fingerprint density at radius 3 is 2.81 bits per heavy atom. The lowest BCUT2D eigenvalue weighted by atomic mass is 9.98. The number of nitrogens with one attached hydrogen (secondary N) is 1. The molecular formula is C9H9BN2O4. The monoisotopic (exact) mass is 220 g/mol. The molecule has 2 heterocycles. The molecule has 82 valence electrons. The van der Waals surface area contributed by atoms with Crippen LogP contribution in [0.15, 0.2) is 15.8 Å². The molecule has 1 aliphatic rings. The van der Waals surface area contributed by atoms with Crippen molar-refractivity contribution in [2.24, 2.45) is 0 Å². The van der Waals surface area contributed by atoms with Crippen molar-refractivity contribution in [2.45, 2.75) is 25.1 Å². The summed E-state index contributed by atoms with van der Waals surface area (Å²) >= 11 is 0. The topological polar surface area (TPSA) is 81.2 Å². The quantitative estimate of drug-likeness (QED) is 0.520. The SMILES string of the molecule is [B][C@@H]1CCC(n2cc(C=O)c(=O)[nH]c2=O)O1. The minimum absolute atomic E-state index is 0.108. The van der Waals surface area contributed by atoms with Crippen LogP contribution in [-0.4, -0.2) is 29.7 Å². The van der Waals surface area contributed by atoms with Gasteiger partial charge in [0.05, 0.1) is 5.56 Å². The van der Waals surface area contributed by atoms with E-state index in [0.29, 0.717) is 19.1 Å². The Bertz CT molecular complexity index is 521. The molecule has 0 amide bonds. The number of hydrogen-bond donors (Lipinski definition) is 1.